The Morgan fingerprint density at radius 3 is 2.13 bits per heavy atom. The predicted octanol–water partition coefficient (Wildman–Crippen LogP) is 4.36. The molecule has 0 radical (unpaired) electrons. The molecule has 0 saturated carbocycles. The quantitative estimate of drug-likeness (QED) is 0.685. The summed E-state index contributed by atoms with van der Waals surface area (Å²) in [6.07, 6.45) is 0. The lowest BCUT2D eigenvalue weighted by molar-refractivity contribution is 0.417. The monoisotopic (exact) mass is 330 g/mol. The van der Waals surface area contributed by atoms with Gasteiger partial charge in [-0.2, -0.15) is 0 Å². The number of benzene rings is 3. The van der Waals surface area contributed by atoms with Crippen LogP contribution < -0.4 is 20.9 Å². The second-order valence-corrected chi connectivity index (χ2v) is 5.23. The molecule has 0 bridgehead atoms. The Hall–Kier alpha value is -2.59. The fourth-order valence-corrected chi connectivity index (χ4v) is 2.34. The van der Waals surface area contributed by atoms with Crippen LogP contribution in [-0.4, -0.2) is 14.2 Å². The zero-order valence-corrected chi connectivity index (χ0v) is 13.8. The van der Waals surface area contributed by atoms with Gasteiger partial charge in [-0.1, -0.05) is 41.9 Å². The lowest BCUT2D eigenvalue weighted by Gasteiger charge is -2.06. The van der Waals surface area contributed by atoms with Crippen LogP contribution in [0.15, 0.2) is 54.6 Å². The van der Waals surface area contributed by atoms with E-state index in [0.29, 0.717) is 22.1 Å². The maximum atomic E-state index is 5.90. The number of anilines is 2. The number of rotatable bonds is 2. The summed E-state index contributed by atoms with van der Waals surface area (Å²) in [6, 6.07) is 17.0. The Balaban J connectivity index is 0.000000174. The molecule has 0 aliphatic heterocycles. The molecule has 0 amide bonds. The van der Waals surface area contributed by atoms with Gasteiger partial charge in [0.25, 0.3) is 0 Å². The summed E-state index contributed by atoms with van der Waals surface area (Å²) >= 11 is 5.64. The average Bonchev–Trinajstić information content (AvgIpc) is 2.56. The van der Waals surface area contributed by atoms with Gasteiger partial charge in [0.15, 0.2) is 0 Å². The van der Waals surface area contributed by atoms with Crippen molar-refractivity contribution in [1.82, 2.24) is 0 Å². The molecule has 120 valence electrons. The number of nitrogen functional groups attached to an aromatic ring is 2. The van der Waals surface area contributed by atoms with Crippen molar-refractivity contribution in [2.75, 3.05) is 25.7 Å². The van der Waals surface area contributed by atoms with Gasteiger partial charge in [-0.05, 0) is 29.7 Å². The first-order chi connectivity index (χ1) is 11.1. The van der Waals surface area contributed by atoms with E-state index < -0.39 is 0 Å². The van der Waals surface area contributed by atoms with Gasteiger partial charge in [0, 0.05) is 10.4 Å². The molecule has 0 aliphatic rings. The molecule has 5 heteroatoms. The molecule has 4 N–H and O–H groups in total. The maximum absolute atomic E-state index is 5.90. The summed E-state index contributed by atoms with van der Waals surface area (Å²) in [5.74, 6) is 1.39. The molecule has 0 saturated heterocycles. The molecule has 0 unspecified atom stereocenters. The van der Waals surface area contributed by atoms with Crippen molar-refractivity contribution in [3.8, 4) is 11.5 Å². The first-order valence-corrected chi connectivity index (χ1v) is 7.35. The highest BCUT2D eigenvalue weighted by Crippen LogP contribution is 2.29. The third-order valence-corrected chi connectivity index (χ3v) is 3.58. The molecule has 0 aliphatic carbocycles. The van der Waals surface area contributed by atoms with Crippen LogP contribution in [-0.2, 0) is 0 Å². The Morgan fingerprint density at radius 1 is 0.826 bits per heavy atom. The van der Waals surface area contributed by atoms with Gasteiger partial charge in [0.1, 0.15) is 11.5 Å². The zero-order valence-electron chi connectivity index (χ0n) is 13.0. The van der Waals surface area contributed by atoms with Crippen molar-refractivity contribution < 1.29 is 9.47 Å². The molecule has 0 aromatic heterocycles. The summed E-state index contributed by atoms with van der Waals surface area (Å²) in [7, 11) is 3.19. The molecule has 3 rings (SSSR count). The molecule has 0 spiro atoms. The van der Waals surface area contributed by atoms with Crippen LogP contribution in [0.4, 0.5) is 11.4 Å². The van der Waals surface area contributed by atoms with E-state index in [9.17, 15) is 0 Å². The van der Waals surface area contributed by atoms with Crippen molar-refractivity contribution >= 4 is 33.7 Å². The maximum Gasteiger partial charge on any atom is 0.142 e. The Kier molecular flexibility index (Phi) is 5.55. The van der Waals surface area contributed by atoms with Crippen molar-refractivity contribution in [1.29, 1.82) is 0 Å². The van der Waals surface area contributed by atoms with Crippen LogP contribution in [0.5, 0.6) is 11.5 Å². The fourth-order valence-electron chi connectivity index (χ4n) is 2.16. The number of methoxy groups -OCH3 is 2. The van der Waals surface area contributed by atoms with E-state index >= 15 is 0 Å². The van der Waals surface area contributed by atoms with Gasteiger partial charge in [0.05, 0.1) is 25.6 Å². The molecule has 3 aromatic carbocycles. The van der Waals surface area contributed by atoms with E-state index in [0.717, 1.165) is 16.5 Å². The van der Waals surface area contributed by atoms with Gasteiger partial charge in [0.2, 0.25) is 0 Å². The summed E-state index contributed by atoms with van der Waals surface area (Å²) in [4.78, 5) is 0. The highest BCUT2D eigenvalue weighted by Gasteiger charge is 2.02. The molecular weight excluding hydrogens is 312 g/mol. The summed E-state index contributed by atoms with van der Waals surface area (Å²) in [6.45, 7) is 0. The van der Waals surface area contributed by atoms with Crippen LogP contribution in [0, 0.1) is 0 Å². The minimum atomic E-state index is 0.565. The Labute approximate surface area is 140 Å². The van der Waals surface area contributed by atoms with Crippen LogP contribution in [0.2, 0.25) is 5.02 Å². The number of ether oxygens (including phenoxy) is 2. The minimum absolute atomic E-state index is 0.565. The van der Waals surface area contributed by atoms with Gasteiger partial charge in [-0.25, -0.2) is 0 Å². The van der Waals surface area contributed by atoms with Gasteiger partial charge in [-0.15, -0.1) is 0 Å². The lowest BCUT2D eigenvalue weighted by Crippen LogP contribution is -1.92. The molecule has 0 atom stereocenters. The third kappa shape index (κ3) is 3.99. The van der Waals surface area contributed by atoms with E-state index in [2.05, 4.69) is 0 Å². The molecule has 4 nitrogen and oxygen atoms in total. The highest BCUT2D eigenvalue weighted by atomic mass is 35.5. The normalized spacial score (nSPS) is 9.87. The minimum Gasteiger partial charge on any atom is -0.495 e. The van der Waals surface area contributed by atoms with Crippen LogP contribution in [0.1, 0.15) is 0 Å². The lowest BCUT2D eigenvalue weighted by atomic mass is 10.1. The van der Waals surface area contributed by atoms with E-state index in [1.807, 2.05) is 36.4 Å². The molecule has 23 heavy (non-hydrogen) atoms. The van der Waals surface area contributed by atoms with Gasteiger partial charge < -0.3 is 20.9 Å². The van der Waals surface area contributed by atoms with Crippen LogP contribution in [0.3, 0.4) is 0 Å². The van der Waals surface area contributed by atoms with E-state index in [1.165, 1.54) is 0 Å². The zero-order chi connectivity index (χ0) is 16.8. The molecule has 3 aromatic rings. The number of fused-ring (bicyclic) bond motifs is 1. The number of halogens is 1. The number of nitrogens with two attached hydrogens (primary N) is 2. The molecule has 0 fully saturated rings. The largest absolute Gasteiger partial charge is 0.495 e. The molecular formula is C18H19ClN2O2. The smallest absolute Gasteiger partial charge is 0.142 e. The van der Waals surface area contributed by atoms with E-state index in [1.54, 1.807) is 32.4 Å². The van der Waals surface area contributed by atoms with Crippen LogP contribution >= 0.6 is 11.6 Å². The second-order valence-electron chi connectivity index (χ2n) is 4.79. The van der Waals surface area contributed by atoms with Gasteiger partial charge in [-0.3, -0.25) is 0 Å². The van der Waals surface area contributed by atoms with Crippen molar-refractivity contribution in [2.24, 2.45) is 0 Å². The Morgan fingerprint density at radius 2 is 1.48 bits per heavy atom. The van der Waals surface area contributed by atoms with E-state index in [4.69, 9.17) is 32.5 Å². The first-order valence-electron chi connectivity index (χ1n) is 6.97. The third-order valence-electron chi connectivity index (χ3n) is 3.34. The number of hydrogen-bond donors (Lipinski definition) is 2. The van der Waals surface area contributed by atoms with Crippen molar-refractivity contribution in [3.63, 3.8) is 0 Å². The fraction of sp³-hybridized carbons (Fsp3) is 0.111. The second kappa shape index (κ2) is 7.61. The molecule has 0 heterocycles. The summed E-state index contributed by atoms with van der Waals surface area (Å²) < 4.78 is 10.0. The van der Waals surface area contributed by atoms with Crippen molar-refractivity contribution in [2.45, 2.75) is 0 Å². The highest BCUT2D eigenvalue weighted by molar-refractivity contribution is 6.30. The summed E-state index contributed by atoms with van der Waals surface area (Å²) in [5, 5.41) is 2.81. The van der Waals surface area contributed by atoms with E-state index in [-0.39, 0.29) is 0 Å². The standard InChI is InChI=1S/C11H11NO.C7H8ClNO/c1-13-10-7-6-8-4-2-3-5-9(8)11(10)12;1-10-7-3-2-5(8)4-6(7)9/h2-7H,12H2,1H3;2-4H,9H2,1H3. The van der Waals surface area contributed by atoms with Crippen LogP contribution in [0.25, 0.3) is 10.8 Å². The SMILES string of the molecule is COc1ccc(Cl)cc1N.COc1ccc2ccccc2c1N. The summed E-state index contributed by atoms with van der Waals surface area (Å²) in [5.41, 5.74) is 12.7. The predicted molar refractivity (Wildman–Crippen MR) is 97.3 cm³/mol. The van der Waals surface area contributed by atoms with Crippen molar-refractivity contribution in [3.05, 3.63) is 59.6 Å². The average molecular weight is 331 g/mol. The Bertz CT molecular complexity index is 806. The topological polar surface area (TPSA) is 70.5 Å². The number of hydrogen-bond acceptors (Lipinski definition) is 4. The first kappa shape index (κ1) is 16.8. The van der Waals surface area contributed by atoms with Gasteiger partial charge >= 0.3 is 0 Å².